The molecule has 2 N–H and O–H groups in total. The standard InChI is InChI=1S/C11H8Cl2O4/c1-5(10(15)11(16)17)9(14)6-2-3-7(12)8(13)4-6/h2-4,14H,1H3,(H,16,17). The van der Waals surface area contributed by atoms with Crippen LogP contribution in [0.25, 0.3) is 5.76 Å². The van der Waals surface area contributed by atoms with Crippen molar-refractivity contribution in [3.05, 3.63) is 39.4 Å². The lowest BCUT2D eigenvalue weighted by molar-refractivity contribution is -0.147. The van der Waals surface area contributed by atoms with E-state index in [1.165, 1.54) is 25.1 Å². The molecule has 0 aliphatic heterocycles. The Kier molecular flexibility index (Phi) is 4.15. The van der Waals surface area contributed by atoms with Gasteiger partial charge in [-0.2, -0.15) is 0 Å². The third-order valence-corrected chi connectivity index (χ3v) is 2.82. The van der Waals surface area contributed by atoms with Crippen LogP contribution in [0.2, 0.25) is 10.0 Å². The van der Waals surface area contributed by atoms with Gasteiger partial charge in [-0.15, -0.1) is 0 Å². The molecule has 0 aliphatic rings. The zero-order valence-electron chi connectivity index (χ0n) is 8.70. The maximum Gasteiger partial charge on any atom is 0.377 e. The number of hydrogen-bond donors (Lipinski definition) is 2. The van der Waals surface area contributed by atoms with Crippen molar-refractivity contribution in [2.75, 3.05) is 0 Å². The van der Waals surface area contributed by atoms with Crippen molar-refractivity contribution in [3.63, 3.8) is 0 Å². The van der Waals surface area contributed by atoms with Crippen molar-refractivity contribution in [2.24, 2.45) is 0 Å². The summed E-state index contributed by atoms with van der Waals surface area (Å²) in [6.45, 7) is 1.22. The summed E-state index contributed by atoms with van der Waals surface area (Å²) in [6, 6.07) is 4.22. The molecule has 0 bridgehead atoms. The second-order valence-corrected chi connectivity index (χ2v) is 4.05. The molecule has 0 radical (unpaired) electrons. The Morgan fingerprint density at radius 1 is 1.12 bits per heavy atom. The molecule has 1 aromatic rings. The van der Waals surface area contributed by atoms with Crippen LogP contribution in [-0.4, -0.2) is 22.0 Å². The highest BCUT2D eigenvalue weighted by Crippen LogP contribution is 2.26. The van der Waals surface area contributed by atoms with E-state index in [2.05, 4.69) is 0 Å². The number of rotatable bonds is 3. The number of aliphatic hydroxyl groups excluding tert-OH is 1. The minimum Gasteiger partial charge on any atom is -0.507 e. The number of aliphatic hydroxyl groups is 1. The van der Waals surface area contributed by atoms with Crippen molar-refractivity contribution in [1.29, 1.82) is 0 Å². The van der Waals surface area contributed by atoms with Crippen LogP contribution in [0.5, 0.6) is 0 Å². The second kappa shape index (κ2) is 5.21. The fraction of sp³-hybridized carbons (Fsp3) is 0.0909. The molecule has 0 heterocycles. The Hall–Kier alpha value is -1.52. The summed E-state index contributed by atoms with van der Waals surface area (Å²) in [5.41, 5.74) is -0.0395. The predicted octanol–water partition coefficient (Wildman–Crippen LogP) is 2.94. The molecule has 1 rings (SSSR count). The zero-order valence-corrected chi connectivity index (χ0v) is 10.2. The van der Waals surface area contributed by atoms with Gasteiger partial charge in [-0.1, -0.05) is 23.2 Å². The number of carboxylic acids is 1. The van der Waals surface area contributed by atoms with Crippen molar-refractivity contribution < 1.29 is 19.8 Å². The number of ketones is 1. The highest BCUT2D eigenvalue weighted by atomic mass is 35.5. The van der Waals surface area contributed by atoms with Gasteiger partial charge in [0, 0.05) is 11.1 Å². The highest BCUT2D eigenvalue weighted by molar-refractivity contribution is 6.42. The molecule has 17 heavy (non-hydrogen) atoms. The first kappa shape index (κ1) is 13.5. The van der Waals surface area contributed by atoms with E-state index in [-0.39, 0.29) is 16.2 Å². The monoisotopic (exact) mass is 274 g/mol. The van der Waals surface area contributed by atoms with E-state index in [1.54, 1.807) is 0 Å². The Bertz CT molecular complexity index is 520. The summed E-state index contributed by atoms with van der Waals surface area (Å²) >= 11 is 11.4. The van der Waals surface area contributed by atoms with Gasteiger partial charge >= 0.3 is 5.97 Å². The fourth-order valence-electron chi connectivity index (χ4n) is 1.13. The smallest absolute Gasteiger partial charge is 0.377 e. The third-order valence-electron chi connectivity index (χ3n) is 2.08. The summed E-state index contributed by atoms with van der Waals surface area (Å²) in [5, 5.41) is 18.7. The van der Waals surface area contributed by atoms with Gasteiger partial charge in [0.05, 0.1) is 10.0 Å². The first-order chi connectivity index (χ1) is 7.84. The minimum atomic E-state index is -1.63. The molecular formula is C11H8Cl2O4. The van der Waals surface area contributed by atoms with Crippen LogP contribution in [0, 0.1) is 0 Å². The molecule has 0 spiro atoms. The Balaban J connectivity index is 3.23. The number of carbonyl (C=O) groups excluding carboxylic acids is 1. The maximum absolute atomic E-state index is 11.1. The van der Waals surface area contributed by atoms with Gasteiger partial charge in [-0.05, 0) is 25.1 Å². The lowest BCUT2D eigenvalue weighted by Crippen LogP contribution is -2.14. The number of Topliss-reactive ketones (excluding diaryl/α,β-unsaturated/α-hetero) is 1. The summed E-state index contributed by atoms with van der Waals surface area (Å²) in [4.78, 5) is 21.6. The van der Waals surface area contributed by atoms with E-state index >= 15 is 0 Å². The lowest BCUT2D eigenvalue weighted by atomic mass is 10.1. The topological polar surface area (TPSA) is 74.6 Å². The Labute approximate surface area is 107 Å². The Morgan fingerprint density at radius 2 is 1.71 bits per heavy atom. The van der Waals surface area contributed by atoms with Crippen molar-refractivity contribution in [2.45, 2.75) is 6.92 Å². The third kappa shape index (κ3) is 2.99. The first-order valence-corrected chi connectivity index (χ1v) is 5.23. The second-order valence-electron chi connectivity index (χ2n) is 3.24. The molecule has 0 aromatic heterocycles. The van der Waals surface area contributed by atoms with E-state index < -0.39 is 17.5 Å². The SMILES string of the molecule is CC(C(=O)C(=O)O)=C(O)c1ccc(Cl)c(Cl)c1. The van der Waals surface area contributed by atoms with Crippen LogP contribution in [0.3, 0.4) is 0 Å². The van der Waals surface area contributed by atoms with Crippen LogP contribution >= 0.6 is 23.2 Å². The van der Waals surface area contributed by atoms with Crippen LogP contribution in [-0.2, 0) is 9.59 Å². The Morgan fingerprint density at radius 3 is 2.18 bits per heavy atom. The molecule has 0 unspecified atom stereocenters. The van der Waals surface area contributed by atoms with Crippen LogP contribution < -0.4 is 0 Å². The molecule has 0 saturated heterocycles. The molecule has 0 atom stereocenters. The van der Waals surface area contributed by atoms with Crippen LogP contribution in [0.4, 0.5) is 0 Å². The molecule has 0 fully saturated rings. The molecule has 6 heteroatoms. The normalized spacial score (nSPS) is 11.9. The van der Waals surface area contributed by atoms with Gasteiger partial charge in [0.1, 0.15) is 5.76 Å². The van der Waals surface area contributed by atoms with E-state index in [9.17, 15) is 14.7 Å². The quantitative estimate of drug-likeness (QED) is 0.505. The van der Waals surface area contributed by atoms with E-state index in [0.717, 1.165) is 0 Å². The first-order valence-electron chi connectivity index (χ1n) is 4.47. The number of hydrogen-bond acceptors (Lipinski definition) is 3. The summed E-state index contributed by atoms with van der Waals surface area (Å²) in [7, 11) is 0. The van der Waals surface area contributed by atoms with Crippen molar-refractivity contribution >= 4 is 40.7 Å². The molecule has 1 aromatic carbocycles. The van der Waals surface area contributed by atoms with Crippen LogP contribution in [0.15, 0.2) is 23.8 Å². The maximum atomic E-state index is 11.1. The largest absolute Gasteiger partial charge is 0.507 e. The van der Waals surface area contributed by atoms with Crippen molar-refractivity contribution in [3.8, 4) is 0 Å². The van der Waals surface area contributed by atoms with Crippen molar-refractivity contribution in [1.82, 2.24) is 0 Å². The number of benzene rings is 1. The average molecular weight is 275 g/mol. The van der Waals surface area contributed by atoms with Gasteiger partial charge in [0.25, 0.3) is 5.78 Å². The number of aliphatic carboxylic acids is 1. The number of halogens is 2. The van der Waals surface area contributed by atoms with Gasteiger partial charge in [-0.3, -0.25) is 4.79 Å². The summed E-state index contributed by atoms with van der Waals surface area (Å²) in [5.74, 6) is -3.24. The molecule has 90 valence electrons. The molecule has 0 aliphatic carbocycles. The number of carbonyl (C=O) groups is 2. The lowest BCUT2D eigenvalue weighted by Gasteiger charge is -2.05. The van der Waals surface area contributed by atoms with Gasteiger partial charge in [0.15, 0.2) is 0 Å². The van der Waals surface area contributed by atoms with E-state index in [0.29, 0.717) is 5.02 Å². The zero-order chi connectivity index (χ0) is 13.2. The van der Waals surface area contributed by atoms with Gasteiger partial charge in [-0.25, -0.2) is 4.79 Å². The number of carboxylic acid groups (broad SMARTS) is 1. The molecular weight excluding hydrogens is 267 g/mol. The summed E-state index contributed by atoms with van der Waals surface area (Å²) in [6.07, 6.45) is 0. The van der Waals surface area contributed by atoms with Gasteiger partial charge < -0.3 is 10.2 Å². The average Bonchev–Trinajstić information content (AvgIpc) is 2.29. The highest BCUT2D eigenvalue weighted by Gasteiger charge is 2.18. The fourth-order valence-corrected chi connectivity index (χ4v) is 1.43. The molecule has 0 amide bonds. The van der Waals surface area contributed by atoms with Gasteiger partial charge in [0.2, 0.25) is 0 Å². The predicted molar refractivity (Wildman–Crippen MR) is 64.3 cm³/mol. The summed E-state index contributed by atoms with van der Waals surface area (Å²) < 4.78 is 0. The van der Waals surface area contributed by atoms with E-state index in [1.807, 2.05) is 0 Å². The molecule has 4 nitrogen and oxygen atoms in total. The van der Waals surface area contributed by atoms with Crippen LogP contribution in [0.1, 0.15) is 12.5 Å². The minimum absolute atomic E-state index is 0.200. The van der Waals surface area contributed by atoms with E-state index in [4.69, 9.17) is 28.3 Å². The molecule has 0 saturated carbocycles.